The van der Waals surface area contributed by atoms with E-state index in [4.69, 9.17) is 0 Å². The third-order valence-corrected chi connectivity index (χ3v) is 7.34. The van der Waals surface area contributed by atoms with Crippen molar-refractivity contribution in [2.24, 2.45) is 0 Å². The van der Waals surface area contributed by atoms with Crippen LogP contribution in [0.15, 0.2) is 107 Å². The number of carbonyl (C=O) groups excluding carboxylic acids is 2. The molecule has 0 fully saturated rings. The van der Waals surface area contributed by atoms with Crippen molar-refractivity contribution in [1.29, 1.82) is 0 Å². The first kappa shape index (κ1) is 24.5. The van der Waals surface area contributed by atoms with Gasteiger partial charge >= 0.3 is 0 Å². The van der Waals surface area contributed by atoms with Crippen LogP contribution >= 0.6 is 11.8 Å². The summed E-state index contributed by atoms with van der Waals surface area (Å²) >= 11 is 1.46. The van der Waals surface area contributed by atoms with Gasteiger partial charge in [-0.2, -0.15) is 0 Å². The third-order valence-electron chi connectivity index (χ3n) is 6.26. The zero-order chi connectivity index (χ0) is 25.8. The van der Waals surface area contributed by atoms with E-state index in [0.29, 0.717) is 23.6 Å². The minimum atomic E-state index is -0.309. The van der Waals surface area contributed by atoms with Crippen molar-refractivity contribution in [2.45, 2.75) is 24.9 Å². The van der Waals surface area contributed by atoms with Gasteiger partial charge in [-0.15, -0.1) is 0 Å². The lowest BCUT2D eigenvalue weighted by molar-refractivity contribution is -0.114. The summed E-state index contributed by atoms with van der Waals surface area (Å²) in [5.74, 6) is -0.575. The fourth-order valence-corrected chi connectivity index (χ4v) is 5.20. The summed E-state index contributed by atoms with van der Waals surface area (Å²) in [6.45, 7) is 2.86. The second-order valence-corrected chi connectivity index (χ2v) is 9.91. The number of para-hydroxylation sites is 1. The Balaban J connectivity index is 1.33. The molecule has 0 bridgehead atoms. The summed E-state index contributed by atoms with van der Waals surface area (Å²) in [5.41, 5.74) is 5.32. The van der Waals surface area contributed by atoms with E-state index in [0.717, 1.165) is 32.8 Å². The fourth-order valence-electron chi connectivity index (χ4n) is 4.15. The van der Waals surface area contributed by atoms with Gasteiger partial charge in [-0.1, -0.05) is 72.4 Å². The summed E-state index contributed by atoms with van der Waals surface area (Å²) in [4.78, 5) is 29.6. The number of fused-ring (bicyclic) bond motifs is 1. The molecule has 4 nitrogen and oxygen atoms in total. The van der Waals surface area contributed by atoms with E-state index in [9.17, 15) is 14.0 Å². The van der Waals surface area contributed by atoms with Crippen LogP contribution in [0.1, 0.15) is 32.6 Å². The molecule has 1 aliphatic rings. The monoisotopic (exact) mass is 508 g/mol. The average Bonchev–Trinajstić information content (AvgIpc) is 2.92. The van der Waals surface area contributed by atoms with Crippen LogP contribution in [0.5, 0.6) is 0 Å². The van der Waals surface area contributed by atoms with Crippen molar-refractivity contribution in [1.82, 2.24) is 5.32 Å². The lowest BCUT2D eigenvalue weighted by atomic mass is 10.1. The van der Waals surface area contributed by atoms with Crippen LogP contribution in [-0.4, -0.2) is 11.8 Å². The Morgan fingerprint density at radius 1 is 0.919 bits per heavy atom. The molecule has 1 aliphatic heterocycles. The lowest BCUT2D eigenvalue weighted by Crippen LogP contribution is -2.33. The van der Waals surface area contributed by atoms with Crippen LogP contribution < -0.4 is 10.2 Å². The Kier molecular flexibility index (Phi) is 7.19. The van der Waals surface area contributed by atoms with E-state index in [2.05, 4.69) is 24.4 Å². The van der Waals surface area contributed by atoms with Crippen LogP contribution in [0.2, 0.25) is 0 Å². The number of carbonyl (C=O) groups is 2. The third kappa shape index (κ3) is 5.65. The van der Waals surface area contributed by atoms with Crippen molar-refractivity contribution in [3.8, 4) is 0 Å². The Morgan fingerprint density at radius 3 is 2.38 bits per heavy atom. The summed E-state index contributed by atoms with van der Waals surface area (Å²) in [7, 11) is 0. The maximum atomic E-state index is 13.6. The van der Waals surface area contributed by atoms with Gasteiger partial charge < -0.3 is 10.2 Å². The van der Waals surface area contributed by atoms with Gasteiger partial charge in [-0.25, -0.2) is 4.39 Å². The number of hydrogen-bond donors (Lipinski definition) is 1. The minimum absolute atomic E-state index is 0.0481. The number of thioether (sulfide) groups is 1. The number of anilines is 1. The fraction of sp³-hybridized carbons (Fsp3) is 0.0968. The molecule has 6 heteroatoms. The van der Waals surface area contributed by atoms with Crippen molar-refractivity contribution in [3.63, 3.8) is 0 Å². The molecule has 184 valence electrons. The van der Waals surface area contributed by atoms with Crippen LogP contribution in [-0.2, 0) is 17.9 Å². The van der Waals surface area contributed by atoms with E-state index in [-0.39, 0.29) is 17.6 Å². The first-order chi connectivity index (χ1) is 18.0. The minimum Gasteiger partial charge on any atom is -0.348 e. The SMILES string of the molecule is Cc1ccccc1CN1C(=O)C(=Cc2ccc(C(=O)NCc3ccc(F)cc3)cc2)Sc2ccccc21. The Morgan fingerprint density at radius 2 is 1.62 bits per heavy atom. The second kappa shape index (κ2) is 10.8. The first-order valence-corrected chi connectivity index (χ1v) is 12.8. The van der Waals surface area contributed by atoms with Crippen molar-refractivity contribution in [2.75, 3.05) is 4.90 Å². The summed E-state index contributed by atoms with van der Waals surface area (Å²) in [6.07, 6.45) is 1.87. The van der Waals surface area contributed by atoms with E-state index in [1.54, 1.807) is 24.3 Å². The molecular weight excluding hydrogens is 483 g/mol. The Hall–Kier alpha value is -4.16. The second-order valence-electron chi connectivity index (χ2n) is 8.83. The number of hydrogen-bond acceptors (Lipinski definition) is 3. The molecule has 4 aromatic rings. The molecule has 2 amide bonds. The number of benzene rings is 4. The molecule has 0 spiro atoms. The quantitative estimate of drug-likeness (QED) is 0.293. The van der Waals surface area contributed by atoms with Crippen molar-refractivity contribution < 1.29 is 14.0 Å². The predicted molar refractivity (Wildman–Crippen MR) is 147 cm³/mol. The van der Waals surface area contributed by atoms with E-state index >= 15 is 0 Å². The largest absolute Gasteiger partial charge is 0.348 e. The van der Waals surface area contributed by atoms with Gasteiger partial charge in [0.05, 0.1) is 17.1 Å². The van der Waals surface area contributed by atoms with Crippen molar-refractivity contribution in [3.05, 3.63) is 136 Å². The van der Waals surface area contributed by atoms with E-state index < -0.39 is 0 Å². The predicted octanol–water partition coefficient (Wildman–Crippen LogP) is 6.74. The smallest absolute Gasteiger partial charge is 0.265 e. The van der Waals surface area contributed by atoms with Gasteiger partial charge in [-0.05, 0) is 71.7 Å². The van der Waals surface area contributed by atoms with Gasteiger partial charge in [0, 0.05) is 17.0 Å². The number of aryl methyl sites for hydroxylation is 1. The van der Waals surface area contributed by atoms with Gasteiger partial charge in [0.1, 0.15) is 5.82 Å². The molecule has 0 unspecified atom stereocenters. The molecule has 0 saturated heterocycles. The Bertz CT molecular complexity index is 1480. The molecule has 1 N–H and O–H groups in total. The highest BCUT2D eigenvalue weighted by molar-refractivity contribution is 8.04. The number of nitrogens with zero attached hydrogens (tertiary/aromatic N) is 1. The standard InChI is InChI=1S/C31H25FN2O2S/c1-21-6-2-3-7-25(21)20-34-27-8-4-5-9-28(27)37-29(31(34)36)18-22-10-14-24(15-11-22)30(35)33-19-23-12-16-26(32)17-13-23/h2-18H,19-20H2,1H3,(H,33,35). The maximum Gasteiger partial charge on any atom is 0.265 e. The normalized spacial score (nSPS) is 13.9. The maximum absolute atomic E-state index is 13.6. The molecule has 5 rings (SSSR count). The number of halogens is 1. The zero-order valence-corrected chi connectivity index (χ0v) is 21.1. The summed E-state index contributed by atoms with van der Waals surface area (Å²) in [6, 6.07) is 29.2. The molecule has 37 heavy (non-hydrogen) atoms. The first-order valence-electron chi connectivity index (χ1n) is 12.0. The van der Waals surface area contributed by atoms with Gasteiger partial charge in [-0.3, -0.25) is 9.59 Å². The van der Waals surface area contributed by atoms with Crippen LogP contribution in [0.4, 0.5) is 10.1 Å². The average molecular weight is 509 g/mol. The molecular formula is C31H25FN2O2S. The van der Waals surface area contributed by atoms with E-state index in [1.807, 2.05) is 59.5 Å². The van der Waals surface area contributed by atoms with Crippen molar-refractivity contribution >= 4 is 35.3 Å². The molecule has 0 aliphatic carbocycles. The van der Waals surface area contributed by atoms with Gasteiger partial charge in [0.15, 0.2) is 0 Å². The highest BCUT2D eigenvalue weighted by Gasteiger charge is 2.29. The van der Waals surface area contributed by atoms with Crippen LogP contribution in [0, 0.1) is 12.7 Å². The molecule has 1 heterocycles. The highest BCUT2D eigenvalue weighted by atomic mass is 32.2. The van der Waals surface area contributed by atoms with Gasteiger partial charge in [0.25, 0.3) is 11.8 Å². The molecule has 4 aromatic carbocycles. The van der Waals surface area contributed by atoms with Gasteiger partial charge in [0.2, 0.25) is 0 Å². The van der Waals surface area contributed by atoms with Crippen LogP contribution in [0.3, 0.4) is 0 Å². The summed E-state index contributed by atoms with van der Waals surface area (Å²) < 4.78 is 13.1. The molecule has 0 saturated carbocycles. The molecule has 0 radical (unpaired) electrons. The Labute approximate surface area is 219 Å². The van der Waals surface area contributed by atoms with Crippen LogP contribution in [0.25, 0.3) is 6.08 Å². The zero-order valence-electron chi connectivity index (χ0n) is 20.3. The molecule has 0 aromatic heterocycles. The lowest BCUT2D eigenvalue weighted by Gasteiger charge is -2.31. The van der Waals surface area contributed by atoms with E-state index in [1.165, 1.54) is 23.9 Å². The summed E-state index contributed by atoms with van der Waals surface area (Å²) in [5, 5.41) is 2.85. The highest BCUT2D eigenvalue weighted by Crippen LogP contribution is 2.42. The number of rotatable bonds is 6. The topological polar surface area (TPSA) is 49.4 Å². The number of amides is 2. The molecule has 0 atom stereocenters. The number of nitrogens with one attached hydrogen (secondary N) is 1.